The summed E-state index contributed by atoms with van der Waals surface area (Å²) < 4.78 is 0. The Balaban J connectivity index is -0.000000125. The minimum absolute atomic E-state index is 0. The van der Waals surface area contributed by atoms with Crippen LogP contribution in [0.25, 0.3) is 0 Å². The zero-order valence-electron chi connectivity index (χ0n) is 4.51. The Bertz CT molecular complexity index is 59.2. The maximum absolute atomic E-state index is 9.71. The Morgan fingerprint density at radius 1 is 1.62 bits per heavy atom. The largest absolute Gasteiger partial charge is 0.352 e. The minimum atomic E-state index is -0.461. The second-order valence-corrected chi connectivity index (χ2v) is 0.895. The number of primary amides is 1. The highest BCUT2D eigenvalue weighted by Gasteiger charge is 1.79. The molecule has 0 aliphatic carbocycles. The molecule has 0 fully saturated rings. The lowest BCUT2D eigenvalue weighted by Gasteiger charge is -1.88. The molecule has 3 nitrogen and oxygen atoms in total. The fourth-order valence-corrected chi connectivity index (χ4v) is 0.174. The van der Waals surface area contributed by atoms with E-state index in [1.54, 1.807) is 0 Å². The monoisotopic (exact) mass is 160 g/mol. The maximum atomic E-state index is 9.71. The first kappa shape index (κ1) is 15.7. The lowest BCUT2D eigenvalue weighted by atomic mass is 10.7. The molecule has 0 saturated heterocycles. The van der Waals surface area contributed by atoms with Crippen molar-refractivity contribution in [1.29, 1.82) is 0 Å². The molecule has 0 aromatic heterocycles. The molecule has 0 spiro atoms. The smallest absolute Gasteiger partial charge is 0.312 e. The molecule has 5 heteroatoms. The van der Waals surface area contributed by atoms with Crippen molar-refractivity contribution < 1.29 is 4.79 Å². The van der Waals surface area contributed by atoms with Crippen LogP contribution in [0.4, 0.5) is 4.79 Å². The van der Waals surface area contributed by atoms with Gasteiger partial charge >= 0.3 is 6.03 Å². The van der Waals surface area contributed by atoms with E-state index in [9.17, 15) is 4.79 Å². The van der Waals surface area contributed by atoms with E-state index in [4.69, 9.17) is 0 Å². The van der Waals surface area contributed by atoms with Crippen LogP contribution in [0.5, 0.6) is 0 Å². The number of urea groups is 1. The number of hydrogen-bond donors (Lipinski definition) is 2. The first-order valence-electron chi connectivity index (χ1n) is 1.80. The molecular formula is C3H10Cl2N2O. The molecule has 0 saturated carbocycles. The highest BCUT2D eigenvalue weighted by Crippen LogP contribution is 1.49. The van der Waals surface area contributed by atoms with Crippen LogP contribution < -0.4 is 11.1 Å². The number of nitrogens with two attached hydrogens (primary N) is 1. The van der Waals surface area contributed by atoms with Gasteiger partial charge in [0, 0.05) is 6.54 Å². The van der Waals surface area contributed by atoms with Crippen LogP contribution in [0.15, 0.2) is 0 Å². The molecule has 0 aliphatic heterocycles. The molecule has 0 bridgehead atoms. The second-order valence-electron chi connectivity index (χ2n) is 0.895. The van der Waals surface area contributed by atoms with Crippen molar-refractivity contribution in [2.75, 3.05) is 6.54 Å². The van der Waals surface area contributed by atoms with E-state index >= 15 is 0 Å². The van der Waals surface area contributed by atoms with Crippen LogP contribution in [-0.4, -0.2) is 12.6 Å². The highest BCUT2D eigenvalue weighted by atomic mass is 35.5. The van der Waals surface area contributed by atoms with Crippen molar-refractivity contribution >= 4 is 30.8 Å². The Morgan fingerprint density at radius 2 is 2.00 bits per heavy atom. The maximum Gasteiger partial charge on any atom is 0.312 e. The van der Waals surface area contributed by atoms with E-state index in [0.29, 0.717) is 6.54 Å². The van der Waals surface area contributed by atoms with E-state index in [2.05, 4.69) is 11.1 Å². The molecule has 0 radical (unpaired) electrons. The van der Waals surface area contributed by atoms with Gasteiger partial charge in [0.1, 0.15) is 0 Å². The van der Waals surface area contributed by atoms with Crippen LogP contribution >= 0.6 is 24.8 Å². The Kier molecular flexibility index (Phi) is 19.5. The van der Waals surface area contributed by atoms with Gasteiger partial charge in [-0.1, -0.05) is 0 Å². The fraction of sp³-hybridized carbons (Fsp3) is 0.667. The second kappa shape index (κ2) is 9.97. The quantitative estimate of drug-likeness (QED) is 0.578. The Morgan fingerprint density at radius 3 is 2.00 bits per heavy atom. The summed E-state index contributed by atoms with van der Waals surface area (Å²) in [7, 11) is 0. The number of amides is 2. The van der Waals surface area contributed by atoms with E-state index in [-0.39, 0.29) is 24.8 Å². The summed E-state index contributed by atoms with van der Waals surface area (Å²) in [6, 6.07) is -0.461. The van der Waals surface area contributed by atoms with Crippen LogP contribution in [-0.2, 0) is 0 Å². The van der Waals surface area contributed by atoms with Gasteiger partial charge in [0.25, 0.3) is 0 Å². The molecule has 0 aromatic carbocycles. The van der Waals surface area contributed by atoms with Crippen molar-refractivity contribution in [2.45, 2.75) is 6.92 Å². The normalized spacial score (nSPS) is 5.62. The molecule has 52 valence electrons. The summed E-state index contributed by atoms with van der Waals surface area (Å²) in [5.74, 6) is 0. The van der Waals surface area contributed by atoms with Crippen LogP contribution in [0, 0.1) is 0 Å². The van der Waals surface area contributed by atoms with Gasteiger partial charge in [0.2, 0.25) is 0 Å². The fourth-order valence-electron chi connectivity index (χ4n) is 0.174. The van der Waals surface area contributed by atoms with Gasteiger partial charge < -0.3 is 11.1 Å². The average molecular weight is 161 g/mol. The predicted octanol–water partition coefficient (Wildman–Crippen LogP) is 0.518. The molecular weight excluding hydrogens is 151 g/mol. The summed E-state index contributed by atoms with van der Waals surface area (Å²) in [4.78, 5) is 9.71. The number of carbonyl (C=O) groups is 1. The molecule has 0 rings (SSSR count). The van der Waals surface area contributed by atoms with Gasteiger partial charge in [0.05, 0.1) is 0 Å². The van der Waals surface area contributed by atoms with Crippen molar-refractivity contribution in [3.63, 3.8) is 0 Å². The number of halogens is 2. The van der Waals surface area contributed by atoms with Gasteiger partial charge in [-0.15, -0.1) is 24.8 Å². The van der Waals surface area contributed by atoms with Crippen LogP contribution in [0.1, 0.15) is 6.92 Å². The topological polar surface area (TPSA) is 55.1 Å². The minimum Gasteiger partial charge on any atom is -0.352 e. The molecule has 0 unspecified atom stereocenters. The molecule has 8 heavy (non-hydrogen) atoms. The van der Waals surface area contributed by atoms with Gasteiger partial charge in [-0.05, 0) is 6.92 Å². The van der Waals surface area contributed by atoms with E-state index < -0.39 is 6.03 Å². The standard InChI is InChI=1S/C3H8N2O.2ClH/c1-2-5-3(4)6;;/h2H2,1H3,(H3,4,5,6);2*1H. The summed E-state index contributed by atoms with van der Waals surface area (Å²) in [5, 5.41) is 2.35. The summed E-state index contributed by atoms with van der Waals surface area (Å²) in [5.41, 5.74) is 4.65. The lowest BCUT2D eigenvalue weighted by Crippen LogP contribution is -2.28. The molecule has 0 aliphatic rings. The predicted molar refractivity (Wildman–Crippen MR) is 37.8 cm³/mol. The Hall–Kier alpha value is -0.150. The lowest BCUT2D eigenvalue weighted by molar-refractivity contribution is 0.249. The number of hydrogen-bond acceptors (Lipinski definition) is 1. The first-order valence-corrected chi connectivity index (χ1v) is 1.80. The number of carbonyl (C=O) groups excluding carboxylic acids is 1. The van der Waals surface area contributed by atoms with E-state index in [1.807, 2.05) is 6.92 Å². The summed E-state index contributed by atoms with van der Waals surface area (Å²) in [6.45, 7) is 2.42. The highest BCUT2D eigenvalue weighted by molar-refractivity contribution is 5.85. The zero-order valence-corrected chi connectivity index (χ0v) is 6.14. The molecule has 0 heterocycles. The zero-order chi connectivity index (χ0) is 4.99. The summed E-state index contributed by atoms with van der Waals surface area (Å²) >= 11 is 0. The van der Waals surface area contributed by atoms with Crippen LogP contribution in [0.3, 0.4) is 0 Å². The van der Waals surface area contributed by atoms with Gasteiger partial charge in [-0.2, -0.15) is 0 Å². The summed E-state index contributed by atoms with van der Waals surface area (Å²) in [6.07, 6.45) is 0. The average Bonchev–Trinajstić information content (AvgIpc) is 1.35. The third-order valence-electron chi connectivity index (χ3n) is 0.351. The van der Waals surface area contributed by atoms with Crippen molar-refractivity contribution in [2.24, 2.45) is 5.73 Å². The van der Waals surface area contributed by atoms with Crippen molar-refractivity contribution in [1.82, 2.24) is 5.32 Å². The van der Waals surface area contributed by atoms with Crippen molar-refractivity contribution in [3.05, 3.63) is 0 Å². The van der Waals surface area contributed by atoms with E-state index in [1.165, 1.54) is 0 Å². The van der Waals surface area contributed by atoms with Gasteiger partial charge in [-0.3, -0.25) is 0 Å². The molecule has 3 N–H and O–H groups in total. The van der Waals surface area contributed by atoms with Gasteiger partial charge in [-0.25, -0.2) is 4.79 Å². The third-order valence-corrected chi connectivity index (χ3v) is 0.351. The van der Waals surface area contributed by atoms with E-state index in [0.717, 1.165) is 0 Å². The van der Waals surface area contributed by atoms with Crippen LogP contribution in [0.2, 0.25) is 0 Å². The van der Waals surface area contributed by atoms with Gasteiger partial charge in [0.15, 0.2) is 0 Å². The Labute approximate surface area is 60.8 Å². The molecule has 0 aromatic rings. The van der Waals surface area contributed by atoms with Crippen molar-refractivity contribution in [3.8, 4) is 0 Å². The third kappa shape index (κ3) is 16.9. The molecule has 0 atom stereocenters. The number of nitrogens with one attached hydrogen (secondary N) is 1. The molecule has 2 amide bonds. The SMILES string of the molecule is CCNC(N)=O.Cl.Cl. The number of rotatable bonds is 1. The first-order chi connectivity index (χ1) is 2.77.